The minimum atomic E-state index is -1.14. The van der Waals surface area contributed by atoms with Crippen molar-refractivity contribution in [1.82, 2.24) is 0 Å². The van der Waals surface area contributed by atoms with Crippen LogP contribution >= 0.6 is 0 Å². The van der Waals surface area contributed by atoms with Crippen LogP contribution < -0.4 is 0 Å². The molecule has 0 saturated heterocycles. The summed E-state index contributed by atoms with van der Waals surface area (Å²) in [5, 5.41) is 38.3. The lowest BCUT2D eigenvalue weighted by atomic mass is 9.83. The molecule has 6 nitrogen and oxygen atoms in total. The number of hydrogen-bond donors (Lipinski definition) is 4. The number of benzene rings is 1. The van der Waals surface area contributed by atoms with Crippen LogP contribution in [0.1, 0.15) is 5.56 Å². The third-order valence-corrected chi connectivity index (χ3v) is 3.50. The van der Waals surface area contributed by atoms with Gasteiger partial charge in [-0.2, -0.15) is 0 Å². The van der Waals surface area contributed by atoms with Crippen molar-refractivity contribution in [3.05, 3.63) is 59.4 Å². The van der Waals surface area contributed by atoms with E-state index in [9.17, 15) is 25.2 Å². The standard InChI is InChI=1S/C15H12O6/c16-8-3-1-7(2-4-8)9-6-21-15-12(13(9)19)10(17)5-11(18)14(15)20/h1-6,12,15-18,20H. The second-order valence-electron chi connectivity index (χ2n) is 4.82. The van der Waals surface area contributed by atoms with Crippen LogP contribution in [0, 0.1) is 5.92 Å². The molecule has 0 fully saturated rings. The fraction of sp³-hybridized carbons (Fsp3) is 0.133. The quantitative estimate of drug-likeness (QED) is 0.630. The number of phenols is 1. The predicted octanol–water partition coefficient (Wildman–Crippen LogP) is 2.10. The highest BCUT2D eigenvalue weighted by molar-refractivity contribution is 6.23. The number of ketones is 1. The molecule has 2 aliphatic rings. The van der Waals surface area contributed by atoms with Crippen LogP contribution in [0.15, 0.2) is 53.9 Å². The molecule has 1 aliphatic heterocycles. The first kappa shape index (κ1) is 13.1. The maximum atomic E-state index is 12.5. The molecule has 0 aromatic heterocycles. The zero-order valence-corrected chi connectivity index (χ0v) is 10.7. The lowest BCUT2D eigenvalue weighted by Crippen LogP contribution is -2.39. The maximum Gasteiger partial charge on any atom is 0.181 e. The van der Waals surface area contributed by atoms with Crippen molar-refractivity contribution >= 4 is 11.4 Å². The summed E-state index contributed by atoms with van der Waals surface area (Å²) in [6, 6.07) is 5.93. The summed E-state index contributed by atoms with van der Waals surface area (Å²) in [4.78, 5) is 12.5. The number of phenolic OH excluding ortho intramolecular Hbond substituents is 1. The summed E-state index contributed by atoms with van der Waals surface area (Å²) in [5.41, 5.74) is 0.729. The maximum absolute atomic E-state index is 12.5. The van der Waals surface area contributed by atoms with Crippen molar-refractivity contribution in [1.29, 1.82) is 0 Å². The summed E-state index contributed by atoms with van der Waals surface area (Å²) in [7, 11) is 0. The summed E-state index contributed by atoms with van der Waals surface area (Å²) in [6.07, 6.45) is 0.971. The average molecular weight is 288 g/mol. The van der Waals surface area contributed by atoms with E-state index in [4.69, 9.17) is 4.74 Å². The molecule has 6 heteroatoms. The van der Waals surface area contributed by atoms with Gasteiger partial charge in [-0.1, -0.05) is 12.1 Å². The zero-order chi connectivity index (χ0) is 15.1. The van der Waals surface area contributed by atoms with Crippen molar-refractivity contribution in [2.75, 3.05) is 0 Å². The Hall–Kier alpha value is -2.89. The largest absolute Gasteiger partial charge is 0.511 e. The molecule has 4 N–H and O–H groups in total. The van der Waals surface area contributed by atoms with E-state index in [1.54, 1.807) is 12.1 Å². The van der Waals surface area contributed by atoms with Gasteiger partial charge in [-0.05, 0) is 17.7 Å². The normalized spacial score (nSPS) is 24.9. The monoisotopic (exact) mass is 288 g/mol. The van der Waals surface area contributed by atoms with Gasteiger partial charge < -0.3 is 25.2 Å². The molecular formula is C15H12O6. The molecule has 3 rings (SSSR count). The van der Waals surface area contributed by atoms with Crippen molar-refractivity contribution < 1.29 is 30.0 Å². The van der Waals surface area contributed by atoms with Crippen LogP contribution in [0.2, 0.25) is 0 Å². The first-order chi connectivity index (χ1) is 9.99. The summed E-state index contributed by atoms with van der Waals surface area (Å²) in [6.45, 7) is 0. The van der Waals surface area contributed by atoms with Crippen molar-refractivity contribution in [2.45, 2.75) is 6.10 Å². The zero-order valence-electron chi connectivity index (χ0n) is 10.7. The molecule has 21 heavy (non-hydrogen) atoms. The Balaban J connectivity index is 2.02. The van der Waals surface area contributed by atoms with E-state index in [2.05, 4.69) is 0 Å². The number of fused-ring (bicyclic) bond motifs is 1. The minimum Gasteiger partial charge on any atom is -0.511 e. The number of ether oxygens (including phenoxy) is 1. The van der Waals surface area contributed by atoms with Gasteiger partial charge in [0, 0.05) is 6.08 Å². The Bertz CT molecular complexity index is 695. The molecule has 0 amide bonds. The van der Waals surface area contributed by atoms with E-state index in [1.165, 1.54) is 18.4 Å². The molecule has 1 heterocycles. The van der Waals surface area contributed by atoms with Crippen molar-refractivity contribution in [2.24, 2.45) is 5.92 Å². The third kappa shape index (κ3) is 2.01. The number of aliphatic hydroxyl groups excluding tert-OH is 3. The number of carbonyl (C=O) groups excluding carboxylic acids is 1. The number of Topliss-reactive ketones (excluding diaryl/α,β-unsaturated/α-hetero) is 1. The number of allylic oxidation sites excluding steroid dienone is 2. The SMILES string of the molecule is O=C1C(c2ccc(O)cc2)=COC2C(O)=C(O)C=C(O)C12. The molecule has 1 aromatic rings. The molecule has 2 unspecified atom stereocenters. The Morgan fingerprint density at radius 1 is 1.00 bits per heavy atom. The molecule has 1 aliphatic carbocycles. The van der Waals surface area contributed by atoms with Gasteiger partial charge in [0.25, 0.3) is 0 Å². The molecule has 2 atom stereocenters. The average Bonchev–Trinajstić information content (AvgIpc) is 2.45. The smallest absolute Gasteiger partial charge is 0.181 e. The molecule has 1 aromatic carbocycles. The minimum absolute atomic E-state index is 0.0623. The lowest BCUT2D eigenvalue weighted by molar-refractivity contribution is -0.122. The summed E-state index contributed by atoms with van der Waals surface area (Å²) >= 11 is 0. The van der Waals surface area contributed by atoms with Gasteiger partial charge in [0.1, 0.15) is 17.4 Å². The van der Waals surface area contributed by atoms with Crippen LogP contribution in [-0.4, -0.2) is 32.3 Å². The Morgan fingerprint density at radius 3 is 2.33 bits per heavy atom. The third-order valence-electron chi connectivity index (χ3n) is 3.50. The molecule has 0 radical (unpaired) electrons. The molecule has 0 spiro atoms. The Morgan fingerprint density at radius 2 is 1.67 bits per heavy atom. The highest BCUT2D eigenvalue weighted by Crippen LogP contribution is 2.37. The number of rotatable bonds is 1. The molecule has 108 valence electrons. The van der Waals surface area contributed by atoms with Crippen molar-refractivity contribution in [3.63, 3.8) is 0 Å². The van der Waals surface area contributed by atoms with E-state index >= 15 is 0 Å². The summed E-state index contributed by atoms with van der Waals surface area (Å²) < 4.78 is 5.29. The van der Waals surface area contributed by atoms with Crippen LogP contribution in [-0.2, 0) is 9.53 Å². The first-order valence-electron chi connectivity index (χ1n) is 6.21. The second-order valence-corrected chi connectivity index (χ2v) is 4.82. The number of carbonyl (C=O) groups is 1. The van der Waals surface area contributed by atoms with Gasteiger partial charge >= 0.3 is 0 Å². The van der Waals surface area contributed by atoms with Crippen LogP contribution in [0.3, 0.4) is 0 Å². The summed E-state index contributed by atoms with van der Waals surface area (Å²) in [5.74, 6) is -2.87. The first-order valence-corrected chi connectivity index (χ1v) is 6.21. The van der Waals surface area contributed by atoms with Crippen LogP contribution in [0.25, 0.3) is 5.57 Å². The highest BCUT2D eigenvalue weighted by Gasteiger charge is 2.44. The van der Waals surface area contributed by atoms with Gasteiger partial charge in [-0.25, -0.2) is 0 Å². The van der Waals surface area contributed by atoms with Gasteiger partial charge in [-0.3, -0.25) is 4.79 Å². The van der Waals surface area contributed by atoms with Crippen molar-refractivity contribution in [3.8, 4) is 5.75 Å². The second kappa shape index (κ2) is 4.59. The topological polar surface area (TPSA) is 107 Å². The van der Waals surface area contributed by atoms with Gasteiger partial charge in [0.15, 0.2) is 23.4 Å². The van der Waals surface area contributed by atoms with Crippen LogP contribution in [0.5, 0.6) is 5.75 Å². The van der Waals surface area contributed by atoms with E-state index in [1.807, 2.05) is 0 Å². The highest BCUT2D eigenvalue weighted by atomic mass is 16.5. The fourth-order valence-electron chi connectivity index (χ4n) is 2.40. The number of aromatic hydroxyl groups is 1. The van der Waals surface area contributed by atoms with Gasteiger partial charge in [0.05, 0.1) is 11.8 Å². The lowest BCUT2D eigenvalue weighted by Gasteiger charge is -2.32. The molecular weight excluding hydrogens is 276 g/mol. The van der Waals surface area contributed by atoms with E-state index in [-0.39, 0.29) is 17.1 Å². The van der Waals surface area contributed by atoms with E-state index in [0.717, 1.165) is 6.08 Å². The van der Waals surface area contributed by atoms with E-state index < -0.39 is 29.3 Å². The van der Waals surface area contributed by atoms with Crippen LogP contribution in [0.4, 0.5) is 0 Å². The molecule has 0 saturated carbocycles. The Kier molecular flexibility index (Phi) is 2.86. The number of hydrogen-bond acceptors (Lipinski definition) is 6. The van der Waals surface area contributed by atoms with E-state index in [0.29, 0.717) is 5.56 Å². The molecule has 0 bridgehead atoms. The van der Waals surface area contributed by atoms with Gasteiger partial charge in [0.2, 0.25) is 0 Å². The fourth-order valence-corrected chi connectivity index (χ4v) is 2.40. The van der Waals surface area contributed by atoms with Gasteiger partial charge in [-0.15, -0.1) is 0 Å². The Labute approximate surface area is 119 Å². The predicted molar refractivity (Wildman–Crippen MR) is 72.4 cm³/mol. The number of aliphatic hydroxyl groups is 3.